The minimum atomic E-state index is 0.512. The van der Waals surface area contributed by atoms with Crippen molar-refractivity contribution in [2.45, 2.75) is 37.8 Å². The summed E-state index contributed by atoms with van der Waals surface area (Å²) in [5.41, 5.74) is 0.512. The number of anilines is 1. The highest BCUT2D eigenvalue weighted by Gasteiger charge is 2.33. The van der Waals surface area contributed by atoms with Crippen molar-refractivity contribution in [2.24, 2.45) is 0 Å². The molecule has 0 saturated carbocycles. The highest BCUT2D eigenvalue weighted by Crippen LogP contribution is 2.28. The van der Waals surface area contributed by atoms with E-state index in [0.29, 0.717) is 17.8 Å². The summed E-state index contributed by atoms with van der Waals surface area (Å²) in [5.74, 6) is 0.963. The third-order valence-electron chi connectivity index (χ3n) is 4.01. The molecule has 0 bridgehead atoms. The maximum atomic E-state index is 8.94. The summed E-state index contributed by atoms with van der Waals surface area (Å²) in [6, 6.07) is 8.99. The number of nitrogens with zero attached hydrogens (tertiary/aromatic N) is 3. The van der Waals surface area contributed by atoms with Gasteiger partial charge in [-0.1, -0.05) is 6.07 Å². The molecule has 2 saturated heterocycles. The SMILES string of the molecule is N#Cc1cccc(N2CCCC2C2CCCN2)n1. The van der Waals surface area contributed by atoms with Gasteiger partial charge in [0.25, 0.3) is 0 Å². The third kappa shape index (κ3) is 2.06. The minimum Gasteiger partial charge on any atom is -0.352 e. The standard InChI is InChI=1S/C14H18N4/c15-10-11-4-1-7-14(17-11)18-9-3-6-13(18)12-5-2-8-16-12/h1,4,7,12-13,16H,2-3,5-6,8-9H2. The summed E-state index contributed by atoms with van der Waals surface area (Å²) >= 11 is 0. The van der Waals surface area contributed by atoms with Gasteiger partial charge in [-0.05, 0) is 44.4 Å². The van der Waals surface area contributed by atoms with Crippen molar-refractivity contribution in [3.63, 3.8) is 0 Å². The second-order valence-electron chi connectivity index (χ2n) is 5.10. The fourth-order valence-electron chi connectivity index (χ4n) is 3.18. The second kappa shape index (κ2) is 4.95. The minimum absolute atomic E-state index is 0.512. The zero-order chi connectivity index (χ0) is 12.4. The van der Waals surface area contributed by atoms with E-state index in [4.69, 9.17) is 5.26 Å². The van der Waals surface area contributed by atoms with Crippen LogP contribution in [0.3, 0.4) is 0 Å². The number of aromatic nitrogens is 1. The Morgan fingerprint density at radius 1 is 1.33 bits per heavy atom. The van der Waals surface area contributed by atoms with Crippen molar-refractivity contribution in [3.05, 3.63) is 23.9 Å². The Morgan fingerprint density at radius 3 is 3.06 bits per heavy atom. The molecule has 1 aromatic rings. The maximum Gasteiger partial charge on any atom is 0.142 e. The number of hydrogen-bond donors (Lipinski definition) is 1. The van der Waals surface area contributed by atoms with Crippen LogP contribution in [-0.4, -0.2) is 30.2 Å². The number of hydrogen-bond acceptors (Lipinski definition) is 4. The molecular formula is C14H18N4. The topological polar surface area (TPSA) is 52.0 Å². The second-order valence-corrected chi connectivity index (χ2v) is 5.10. The molecule has 1 aromatic heterocycles. The average Bonchev–Trinajstić information content (AvgIpc) is 3.09. The monoisotopic (exact) mass is 242 g/mol. The van der Waals surface area contributed by atoms with E-state index in [1.165, 1.54) is 25.7 Å². The molecule has 0 aromatic carbocycles. The molecule has 94 valence electrons. The normalized spacial score (nSPS) is 27.4. The van der Waals surface area contributed by atoms with Crippen LogP contribution in [0.5, 0.6) is 0 Å². The summed E-state index contributed by atoms with van der Waals surface area (Å²) in [7, 11) is 0. The Hall–Kier alpha value is -1.60. The number of pyridine rings is 1. The Balaban J connectivity index is 1.83. The van der Waals surface area contributed by atoms with Gasteiger partial charge in [-0.15, -0.1) is 0 Å². The lowest BCUT2D eigenvalue weighted by Crippen LogP contribution is -2.44. The van der Waals surface area contributed by atoms with Crippen LogP contribution < -0.4 is 10.2 Å². The van der Waals surface area contributed by atoms with Gasteiger partial charge in [0.05, 0.1) is 0 Å². The molecular weight excluding hydrogens is 224 g/mol. The van der Waals surface area contributed by atoms with Crippen LogP contribution in [0.2, 0.25) is 0 Å². The molecule has 2 aliphatic rings. The van der Waals surface area contributed by atoms with Crippen molar-refractivity contribution in [3.8, 4) is 6.07 Å². The molecule has 3 heterocycles. The summed E-state index contributed by atoms with van der Waals surface area (Å²) in [6.07, 6.45) is 5.00. The molecule has 2 unspecified atom stereocenters. The van der Waals surface area contributed by atoms with Crippen molar-refractivity contribution >= 4 is 5.82 Å². The predicted molar refractivity (Wildman–Crippen MR) is 70.3 cm³/mol. The van der Waals surface area contributed by atoms with E-state index in [2.05, 4.69) is 21.3 Å². The number of nitriles is 1. The zero-order valence-electron chi connectivity index (χ0n) is 10.5. The number of nitrogens with one attached hydrogen (secondary N) is 1. The van der Waals surface area contributed by atoms with E-state index >= 15 is 0 Å². The molecule has 4 heteroatoms. The maximum absolute atomic E-state index is 8.94. The van der Waals surface area contributed by atoms with Gasteiger partial charge in [-0.2, -0.15) is 5.26 Å². The molecule has 2 aliphatic heterocycles. The first-order valence-electron chi connectivity index (χ1n) is 6.75. The van der Waals surface area contributed by atoms with Crippen molar-refractivity contribution in [1.29, 1.82) is 5.26 Å². The third-order valence-corrected chi connectivity index (χ3v) is 4.01. The molecule has 0 amide bonds. The summed E-state index contributed by atoms with van der Waals surface area (Å²) < 4.78 is 0. The van der Waals surface area contributed by atoms with Gasteiger partial charge in [0, 0.05) is 18.6 Å². The highest BCUT2D eigenvalue weighted by atomic mass is 15.3. The lowest BCUT2D eigenvalue weighted by Gasteiger charge is -2.30. The van der Waals surface area contributed by atoms with E-state index in [0.717, 1.165) is 18.9 Å². The molecule has 0 aliphatic carbocycles. The van der Waals surface area contributed by atoms with Crippen LogP contribution in [0.1, 0.15) is 31.4 Å². The quantitative estimate of drug-likeness (QED) is 0.857. The first-order valence-corrected chi connectivity index (χ1v) is 6.75. The lowest BCUT2D eigenvalue weighted by atomic mass is 10.0. The fourth-order valence-corrected chi connectivity index (χ4v) is 3.18. The van der Waals surface area contributed by atoms with Crippen molar-refractivity contribution < 1.29 is 0 Å². The summed E-state index contributed by atoms with van der Waals surface area (Å²) in [4.78, 5) is 6.81. The van der Waals surface area contributed by atoms with Gasteiger partial charge >= 0.3 is 0 Å². The Bertz CT molecular complexity index is 459. The molecule has 4 nitrogen and oxygen atoms in total. The van der Waals surface area contributed by atoms with Crippen molar-refractivity contribution in [2.75, 3.05) is 18.0 Å². The molecule has 0 spiro atoms. The molecule has 3 rings (SSSR count). The van der Waals surface area contributed by atoms with E-state index in [9.17, 15) is 0 Å². The fraction of sp³-hybridized carbons (Fsp3) is 0.571. The summed E-state index contributed by atoms with van der Waals surface area (Å²) in [6.45, 7) is 2.20. The van der Waals surface area contributed by atoms with Crippen LogP contribution >= 0.6 is 0 Å². The van der Waals surface area contributed by atoms with E-state index in [1.807, 2.05) is 12.1 Å². The van der Waals surface area contributed by atoms with Crippen LogP contribution in [0, 0.1) is 11.3 Å². The Kier molecular flexibility index (Phi) is 3.16. The van der Waals surface area contributed by atoms with Gasteiger partial charge < -0.3 is 10.2 Å². The van der Waals surface area contributed by atoms with Gasteiger partial charge in [0.15, 0.2) is 0 Å². The van der Waals surface area contributed by atoms with E-state index in [-0.39, 0.29) is 0 Å². The van der Waals surface area contributed by atoms with Crippen LogP contribution in [0.4, 0.5) is 5.82 Å². The van der Waals surface area contributed by atoms with Crippen LogP contribution in [-0.2, 0) is 0 Å². The Labute approximate surface area is 108 Å². The smallest absolute Gasteiger partial charge is 0.142 e. The van der Waals surface area contributed by atoms with E-state index < -0.39 is 0 Å². The molecule has 2 atom stereocenters. The van der Waals surface area contributed by atoms with Gasteiger partial charge in [0.2, 0.25) is 0 Å². The van der Waals surface area contributed by atoms with Crippen LogP contribution in [0.25, 0.3) is 0 Å². The van der Waals surface area contributed by atoms with E-state index in [1.54, 1.807) is 6.07 Å². The first-order chi connectivity index (χ1) is 8.88. The predicted octanol–water partition coefficient (Wildman–Crippen LogP) is 1.67. The van der Waals surface area contributed by atoms with Gasteiger partial charge in [0.1, 0.15) is 17.6 Å². The average molecular weight is 242 g/mol. The zero-order valence-corrected chi connectivity index (χ0v) is 10.5. The molecule has 2 fully saturated rings. The first kappa shape index (κ1) is 11.5. The van der Waals surface area contributed by atoms with Gasteiger partial charge in [-0.3, -0.25) is 0 Å². The van der Waals surface area contributed by atoms with Crippen LogP contribution in [0.15, 0.2) is 18.2 Å². The summed E-state index contributed by atoms with van der Waals surface area (Å²) in [5, 5.41) is 12.5. The largest absolute Gasteiger partial charge is 0.352 e. The molecule has 18 heavy (non-hydrogen) atoms. The highest BCUT2D eigenvalue weighted by molar-refractivity contribution is 5.44. The Morgan fingerprint density at radius 2 is 2.28 bits per heavy atom. The molecule has 0 radical (unpaired) electrons. The van der Waals surface area contributed by atoms with Gasteiger partial charge in [-0.25, -0.2) is 4.98 Å². The number of rotatable bonds is 2. The molecule has 1 N–H and O–H groups in total. The van der Waals surface area contributed by atoms with Crippen molar-refractivity contribution in [1.82, 2.24) is 10.3 Å². The lowest BCUT2D eigenvalue weighted by molar-refractivity contribution is 0.481.